The Morgan fingerprint density at radius 2 is 2.24 bits per heavy atom. The molecule has 0 spiro atoms. The number of hydrogen-bond donors (Lipinski definition) is 2. The van der Waals surface area contributed by atoms with Crippen LogP contribution < -0.4 is 0 Å². The molecule has 0 bridgehead atoms. The average Bonchev–Trinajstić information content (AvgIpc) is 2.83. The van der Waals surface area contributed by atoms with Crippen molar-refractivity contribution >= 4 is 27.8 Å². The fraction of sp³-hybridized carbons (Fsp3) is 0.400. The van der Waals surface area contributed by atoms with Gasteiger partial charge in [0.25, 0.3) is 5.91 Å². The van der Waals surface area contributed by atoms with Gasteiger partial charge < -0.3 is 19.5 Å². The van der Waals surface area contributed by atoms with Gasteiger partial charge in [0.2, 0.25) is 0 Å². The summed E-state index contributed by atoms with van der Waals surface area (Å²) < 4.78 is 5.18. The zero-order valence-corrected chi connectivity index (χ0v) is 10.3. The number of carboxylic acid groups (broad SMARTS) is 1. The van der Waals surface area contributed by atoms with E-state index in [-0.39, 0.29) is 23.2 Å². The molecule has 1 fully saturated rings. The van der Waals surface area contributed by atoms with Crippen LogP contribution in [0.1, 0.15) is 16.8 Å². The van der Waals surface area contributed by atoms with E-state index in [9.17, 15) is 14.7 Å². The Hall–Kier alpha value is -1.34. The van der Waals surface area contributed by atoms with Crippen LogP contribution >= 0.6 is 15.9 Å². The molecule has 1 amide bonds. The molecule has 1 aromatic heterocycles. The van der Waals surface area contributed by atoms with Crippen molar-refractivity contribution in [1.82, 2.24) is 4.90 Å². The minimum absolute atomic E-state index is 0.0212. The lowest BCUT2D eigenvalue weighted by atomic mass is 10.2. The number of amides is 1. The Kier molecular flexibility index (Phi) is 3.21. The maximum atomic E-state index is 12.1. The van der Waals surface area contributed by atoms with Gasteiger partial charge in [-0.2, -0.15) is 0 Å². The van der Waals surface area contributed by atoms with Crippen molar-refractivity contribution in [1.29, 1.82) is 0 Å². The lowest BCUT2D eigenvalue weighted by Gasteiger charge is -2.20. The fourth-order valence-electron chi connectivity index (χ4n) is 1.87. The predicted octanol–water partition coefficient (Wildman–Crippen LogP) is 0.702. The number of hydrogen-bond acceptors (Lipinski definition) is 4. The van der Waals surface area contributed by atoms with Crippen LogP contribution in [-0.4, -0.2) is 45.7 Å². The molecule has 0 radical (unpaired) electrons. The lowest BCUT2D eigenvalue weighted by Crippen LogP contribution is -2.40. The van der Waals surface area contributed by atoms with Gasteiger partial charge in [-0.1, -0.05) is 0 Å². The third kappa shape index (κ3) is 2.20. The first-order valence-electron chi connectivity index (χ1n) is 4.95. The van der Waals surface area contributed by atoms with E-state index in [1.165, 1.54) is 12.3 Å². The molecule has 1 aliphatic heterocycles. The van der Waals surface area contributed by atoms with Crippen molar-refractivity contribution in [2.24, 2.45) is 0 Å². The van der Waals surface area contributed by atoms with Crippen LogP contribution in [0.2, 0.25) is 0 Å². The SMILES string of the molecule is O=C(O)[C@@H]1C[C@H](O)CN1C(=O)c1ccoc1Br. The van der Waals surface area contributed by atoms with Crippen LogP contribution in [0.5, 0.6) is 0 Å². The van der Waals surface area contributed by atoms with Gasteiger partial charge in [0.15, 0.2) is 4.67 Å². The Balaban J connectivity index is 2.25. The number of β-amino-alcohol motifs (C(OH)–C–C–N with tert-alkyl or cyclic N) is 1. The Morgan fingerprint density at radius 3 is 2.76 bits per heavy atom. The molecule has 2 atom stereocenters. The summed E-state index contributed by atoms with van der Waals surface area (Å²) in [5.74, 6) is -1.58. The Labute approximate surface area is 105 Å². The van der Waals surface area contributed by atoms with Gasteiger partial charge in [-0.3, -0.25) is 4.79 Å². The number of carboxylic acids is 1. The molecule has 2 rings (SSSR count). The first-order chi connectivity index (χ1) is 8.00. The molecule has 0 aromatic carbocycles. The molecule has 1 aromatic rings. The third-order valence-corrected chi connectivity index (χ3v) is 3.29. The number of aliphatic hydroxyl groups is 1. The van der Waals surface area contributed by atoms with E-state index in [4.69, 9.17) is 9.52 Å². The van der Waals surface area contributed by atoms with Gasteiger partial charge in [-0.15, -0.1) is 0 Å². The standard InChI is InChI=1S/C10H10BrNO5/c11-8-6(1-2-17-8)9(14)12-4-5(13)3-7(12)10(15)16/h1-2,5,7,13H,3-4H2,(H,15,16)/t5-,7-/m0/s1. The lowest BCUT2D eigenvalue weighted by molar-refractivity contribution is -0.141. The minimum atomic E-state index is -1.12. The maximum absolute atomic E-state index is 12.1. The molecule has 2 heterocycles. The molecule has 92 valence electrons. The van der Waals surface area contributed by atoms with E-state index < -0.39 is 24.0 Å². The van der Waals surface area contributed by atoms with Gasteiger partial charge in [-0.25, -0.2) is 4.79 Å². The second-order valence-electron chi connectivity index (χ2n) is 3.81. The summed E-state index contributed by atoms with van der Waals surface area (Å²) in [6.45, 7) is 0.0212. The highest BCUT2D eigenvalue weighted by Crippen LogP contribution is 2.25. The number of aliphatic hydroxyl groups excluding tert-OH is 1. The van der Waals surface area contributed by atoms with E-state index in [1.54, 1.807) is 0 Å². The predicted molar refractivity (Wildman–Crippen MR) is 59.5 cm³/mol. The summed E-state index contributed by atoms with van der Waals surface area (Å²) >= 11 is 3.06. The van der Waals surface area contributed by atoms with E-state index in [1.807, 2.05) is 0 Å². The summed E-state index contributed by atoms with van der Waals surface area (Å²) in [5, 5.41) is 18.4. The second-order valence-corrected chi connectivity index (χ2v) is 4.53. The first kappa shape index (κ1) is 12.1. The molecule has 1 saturated heterocycles. The van der Waals surface area contributed by atoms with Crippen LogP contribution in [0.4, 0.5) is 0 Å². The molecule has 17 heavy (non-hydrogen) atoms. The van der Waals surface area contributed by atoms with Crippen molar-refractivity contribution in [3.05, 3.63) is 22.6 Å². The smallest absolute Gasteiger partial charge is 0.326 e. The number of furan rings is 1. The van der Waals surface area contributed by atoms with Crippen LogP contribution in [0.15, 0.2) is 21.4 Å². The van der Waals surface area contributed by atoms with Crippen LogP contribution in [0, 0.1) is 0 Å². The van der Waals surface area contributed by atoms with Gasteiger partial charge in [0.05, 0.1) is 17.9 Å². The van der Waals surface area contributed by atoms with E-state index in [0.717, 1.165) is 4.90 Å². The fourth-order valence-corrected chi connectivity index (χ4v) is 2.28. The largest absolute Gasteiger partial charge is 0.480 e. The summed E-state index contributed by atoms with van der Waals surface area (Å²) in [6, 6.07) is 0.468. The number of carbonyl (C=O) groups excluding carboxylic acids is 1. The molecule has 0 aliphatic carbocycles. The second kappa shape index (κ2) is 4.50. The highest BCUT2D eigenvalue weighted by Gasteiger charge is 2.39. The molecule has 0 saturated carbocycles. The van der Waals surface area contributed by atoms with E-state index >= 15 is 0 Å². The first-order valence-corrected chi connectivity index (χ1v) is 5.75. The van der Waals surface area contributed by atoms with E-state index in [0.29, 0.717) is 0 Å². The van der Waals surface area contributed by atoms with Crippen molar-refractivity contribution < 1.29 is 24.2 Å². The monoisotopic (exact) mass is 303 g/mol. The van der Waals surface area contributed by atoms with Crippen molar-refractivity contribution in [2.45, 2.75) is 18.6 Å². The number of rotatable bonds is 2. The molecule has 6 nitrogen and oxygen atoms in total. The zero-order chi connectivity index (χ0) is 12.6. The molecular weight excluding hydrogens is 294 g/mol. The van der Waals surface area contributed by atoms with Crippen LogP contribution in [-0.2, 0) is 4.79 Å². The van der Waals surface area contributed by atoms with E-state index in [2.05, 4.69) is 15.9 Å². The number of halogens is 1. The van der Waals surface area contributed by atoms with Crippen molar-refractivity contribution in [3.8, 4) is 0 Å². The highest BCUT2D eigenvalue weighted by atomic mass is 79.9. The van der Waals surface area contributed by atoms with Gasteiger partial charge >= 0.3 is 5.97 Å². The van der Waals surface area contributed by atoms with Crippen LogP contribution in [0.25, 0.3) is 0 Å². The molecule has 0 unspecified atom stereocenters. The quantitative estimate of drug-likeness (QED) is 0.839. The summed E-state index contributed by atoms with van der Waals surface area (Å²) in [7, 11) is 0. The Morgan fingerprint density at radius 1 is 1.53 bits per heavy atom. The normalized spacial score (nSPS) is 24.0. The van der Waals surface area contributed by atoms with Crippen molar-refractivity contribution in [2.75, 3.05) is 6.54 Å². The summed E-state index contributed by atoms with van der Waals surface area (Å²) in [6.07, 6.45) is 0.585. The highest BCUT2D eigenvalue weighted by molar-refractivity contribution is 9.10. The average molecular weight is 304 g/mol. The topological polar surface area (TPSA) is 91.0 Å². The Bertz CT molecular complexity index is 457. The number of carbonyl (C=O) groups is 2. The van der Waals surface area contributed by atoms with Crippen LogP contribution in [0.3, 0.4) is 0 Å². The van der Waals surface area contributed by atoms with Crippen molar-refractivity contribution in [3.63, 3.8) is 0 Å². The number of aliphatic carboxylic acids is 1. The summed E-state index contributed by atoms with van der Waals surface area (Å²) in [5.41, 5.74) is 0.255. The minimum Gasteiger partial charge on any atom is -0.480 e. The zero-order valence-electron chi connectivity index (χ0n) is 8.67. The molecule has 1 aliphatic rings. The molecule has 2 N–H and O–H groups in total. The number of likely N-dealkylation sites (tertiary alicyclic amines) is 1. The van der Waals surface area contributed by atoms with Gasteiger partial charge in [-0.05, 0) is 22.0 Å². The summed E-state index contributed by atoms with van der Waals surface area (Å²) in [4.78, 5) is 24.2. The molecule has 7 heteroatoms. The maximum Gasteiger partial charge on any atom is 0.326 e. The van der Waals surface area contributed by atoms with Gasteiger partial charge in [0.1, 0.15) is 6.04 Å². The molecular formula is C10H10BrNO5. The third-order valence-electron chi connectivity index (χ3n) is 2.67. The van der Waals surface area contributed by atoms with Gasteiger partial charge in [0, 0.05) is 13.0 Å². The number of nitrogens with zero attached hydrogens (tertiary/aromatic N) is 1.